The molecule has 0 aliphatic rings. The van der Waals surface area contributed by atoms with E-state index in [9.17, 15) is 10.1 Å². The summed E-state index contributed by atoms with van der Waals surface area (Å²) in [4.78, 5) is 19.4. The molecule has 0 unspecified atom stereocenters. The van der Waals surface area contributed by atoms with Crippen molar-refractivity contribution < 1.29 is 4.74 Å². The summed E-state index contributed by atoms with van der Waals surface area (Å²) >= 11 is 1.37. The number of hydrogen-bond acceptors (Lipinski definition) is 6. The Morgan fingerprint density at radius 3 is 2.81 bits per heavy atom. The van der Waals surface area contributed by atoms with Gasteiger partial charge in [0.25, 0.3) is 5.56 Å². The van der Waals surface area contributed by atoms with E-state index in [1.165, 1.54) is 11.8 Å². The number of nitrogens with two attached hydrogens (primary N) is 1. The molecule has 0 spiro atoms. The van der Waals surface area contributed by atoms with Crippen LogP contribution in [-0.2, 0) is 5.75 Å². The minimum atomic E-state index is -0.463. The van der Waals surface area contributed by atoms with Gasteiger partial charge in [0, 0.05) is 17.0 Å². The van der Waals surface area contributed by atoms with E-state index in [1.54, 1.807) is 31.4 Å². The number of thioether (sulfide) groups is 1. The van der Waals surface area contributed by atoms with Crippen LogP contribution in [0.4, 0.5) is 5.69 Å². The molecule has 0 saturated heterocycles. The molecule has 2 aromatic carbocycles. The number of hydrogen-bond donors (Lipinski definition) is 2. The van der Waals surface area contributed by atoms with Crippen molar-refractivity contribution >= 4 is 17.4 Å². The maximum atomic E-state index is 12.3. The number of anilines is 1. The highest BCUT2D eigenvalue weighted by Crippen LogP contribution is 2.26. The monoisotopic (exact) mass is 364 g/mol. The van der Waals surface area contributed by atoms with Gasteiger partial charge in [0.2, 0.25) is 0 Å². The van der Waals surface area contributed by atoms with Crippen LogP contribution in [0.25, 0.3) is 11.3 Å². The Balaban J connectivity index is 1.96. The number of aromatic nitrogens is 2. The lowest BCUT2D eigenvalue weighted by atomic mass is 10.1. The number of nitriles is 1. The van der Waals surface area contributed by atoms with Crippen molar-refractivity contribution in [2.24, 2.45) is 0 Å². The van der Waals surface area contributed by atoms with Gasteiger partial charge in [0.1, 0.15) is 17.4 Å². The summed E-state index contributed by atoms with van der Waals surface area (Å²) in [6, 6.07) is 16.6. The van der Waals surface area contributed by atoms with E-state index < -0.39 is 5.56 Å². The first-order chi connectivity index (χ1) is 12.6. The normalized spacial score (nSPS) is 10.3. The zero-order valence-corrected chi connectivity index (χ0v) is 14.8. The molecule has 26 heavy (non-hydrogen) atoms. The molecule has 0 aliphatic heterocycles. The lowest BCUT2D eigenvalue weighted by molar-refractivity contribution is 0.415. The molecule has 7 heteroatoms. The van der Waals surface area contributed by atoms with Crippen molar-refractivity contribution in [1.29, 1.82) is 5.26 Å². The topological polar surface area (TPSA) is 105 Å². The van der Waals surface area contributed by atoms with Gasteiger partial charge in [0.15, 0.2) is 5.16 Å². The third-order valence-corrected chi connectivity index (χ3v) is 4.62. The Labute approximate surface area is 154 Å². The largest absolute Gasteiger partial charge is 0.497 e. The van der Waals surface area contributed by atoms with Crippen LogP contribution in [0.5, 0.6) is 5.75 Å². The van der Waals surface area contributed by atoms with Crippen molar-refractivity contribution in [2.45, 2.75) is 10.9 Å². The third kappa shape index (κ3) is 3.87. The Bertz CT molecular complexity index is 1040. The number of rotatable bonds is 5. The fraction of sp³-hybridized carbons (Fsp3) is 0.105. The zero-order valence-electron chi connectivity index (χ0n) is 14.0. The third-order valence-electron chi connectivity index (χ3n) is 3.68. The van der Waals surface area contributed by atoms with Crippen molar-refractivity contribution in [3.63, 3.8) is 0 Å². The van der Waals surface area contributed by atoms with Crippen molar-refractivity contribution in [2.75, 3.05) is 12.8 Å². The average molecular weight is 364 g/mol. The van der Waals surface area contributed by atoms with Crippen LogP contribution in [0.15, 0.2) is 58.5 Å². The molecule has 3 N–H and O–H groups in total. The summed E-state index contributed by atoms with van der Waals surface area (Å²) in [7, 11) is 1.56. The number of benzene rings is 2. The van der Waals surface area contributed by atoms with Crippen LogP contribution in [0.1, 0.15) is 11.1 Å². The van der Waals surface area contributed by atoms with Crippen LogP contribution in [0.2, 0.25) is 0 Å². The Hall–Kier alpha value is -3.24. The van der Waals surface area contributed by atoms with Crippen LogP contribution < -0.4 is 16.0 Å². The van der Waals surface area contributed by atoms with E-state index >= 15 is 0 Å². The van der Waals surface area contributed by atoms with Gasteiger partial charge in [-0.25, -0.2) is 4.98 Å². The fourth-order valence-electron chi connectivity index (χ4n) is 2.44. The van der Waals surface area contributed by atoms with E-state index in [2.05, 4.69) is 9.97 Å². The van der Waals surface area contributed by atoms with E-state index in [0.717, 1.165) is 5.56 Å². The Morgan fingerprint density at radius 1 is 1.27 bits per heavy atom. The van der Waals surface area contributed by atoms with Gasteiger partial charge in [-0.15, -0.1) is 0 Å². The molecule has 0 radical (unpaired) electrons. The predicted molar refractivity (Wildman–Crippen MR) is 102 cm³/mol. The molecule has 3 aromatic rings. The number of ether oxygens (including phenoxy) is 1. The van der Waals surface area contributed by atoms with Crippen molar-refractivity contribution in [3.05, 3.63) is 70.0 Å². The van der Waals surface area contributed by atoms with E-state index in [-0.39, 0.29) is 5.56 Å². The molecule has 0 amide bonds. The van der Waals surface area contributed by atoms with E-state index in [0.29, 0.717) is 33.6 Å². The molecule has 0 aliphatic carbocycles. The lowest BCUT2D eigenvalue weighted by Crippen LogP contribution is -2.14. The second kappa shape index (κ2) is 7.76. The van der Waals surface area contributed by atoms with Gasteiger partial charge in [0.05, 0.1) is 12.8 Å². The molecule has 0 bridgehead atoms. The fourth-order valence-corrected chi connectivity index (χ4v) is 3.24. The number of H-pyrrole nitrogens is 1. The van der Waals surface area contributed by atoms with Gasteiger partial charge in [-0.05, 0) is 29.8 Å². The van der Waals surface area contributed by atoms with Crippen molar-refractivity contribution in [1.82, 2.24) is 9.97 Å². The van der Waals surface area contributed by atoms with Crippen molar-refractivity contribution in [3.8, 4) is 23.1 Å². The predicted octanol–water partition coefficient (Wildman–Crippen LogP) is 3.19. The van der Waals surface area contributed by atoms with Gasteiger partial charge >= 0.3 is 0 Å². The van der Waals surface area contributed by atoms with E-state index in [1.807, 2.05) is 30.3 Å². The summed E-state index contributed by atoms with van der Waals surface area (Å²) in [6.45, 7) is 0. The van der Waals surface area contributed by atoms with E-state index in [4.69, 9.17) is 10.5 Å². The average Bonchev–Trinajstić information content (AvgIpc) is 2.66. The summed E-state index contributed by atoms with van der Waals surface area (Å²) in [5.41, 5.74) is 7.99. The number of aromatic amines is 1. The molecule has 130 valence electrons. The lowest BCUT2D eigenvalue weighted by Gasteiger charge is -2.08. The molecule has 0 fully saturated rings. The quantitative estimate of drug-likeness (QED) is 0.409. The molecule has 6 nitrogen and oxygen atoms in total. The van der Waals surface area contributed by atoms with Gasteiger partial charge in [-0.1, -0.05) is 36.0 Å². The minimum absolute atomic E-state index is 0.0217. The molecule has 0 saturated carbocycles. The van der Waals surface area contributed by atoms with Gasteiger partial charge < -0.3 is 15.5 Å². The first kappa shape index (κ1) is 17.6. The maximum Gasteiger partial charge on any atom is 0.270 e. The van der Waals surface area contributed by atoms with Gasteiger partial charge in [-0.2, -0.15) is 5.26 Å². The molecular weight excluding hydrogens is 348 g/mol. The minimum Gasteiger partial charge on any atom is -0.497 e. The summed E-state index contributed by atoms with van der Waals surface area (Å²) in [5.74, 6) is 1.22. The first-order valence-corrected chi connectivity index (χ1v) is 8.75. The zero-order chi connectivity index (χ0) is 18.5. The molecule has 3 rings (SSSR count). The van der Waals surface area contributed by atoms with Crippen LogP contribution in [0, 0.1) is 11.3 Å². The summed E-state index contributed by atoms with van der Waals surface area (Å²) in [6.07, 6.45) is 0. The Morgan fingerprint density at radius 2 is 2.08 bits per heavy atom. The van der Waals surface area contributed by atoms with Crippen LogP contribution in [0.3, 0.4) is 0 Å². The number of nitrogen functional groups attached to an aromatic ring is 1. The highest BCUT2D eigenvalue weighted by atomic mass is 32.2. The Kier molecular flexibility index (Phi) is 5.25. The summed E-state index contributed by atoms with van der Waals surface area (Å²) in [5, 5.41) is 9.79. The second-order valence-electron chi connectivity index (χ2n) is 5.47. The first-order valence-electron chi connectivity index (χ1n) is 7.77. The second-order valence-corrected chi connectivity index (χ2v) is 6.44. The standard InChI is InChI=1S/C19H16N4O2S/c1-25-15-7-3-5-13(9-15)17-16(10-20)18(24)23-19(22-17)26-11-12-4-2-6-14(21)8-12/h2-9H,11,21H2,1H3,(H,22,23,24). The number of nitrogens with zero attached hydrogens (tertiary/aromatic N) is 2. The highest BCUT2D eigenvalue weighted by molar-refractivity contribution is 7.98. The maximum absolute atomic E-state index is 12.3. The summed E-state index contributed by atoms with van der Waals surface area (Å²) < 4.78 is 5.21. The molecule has 0 atom stereocenters. The molecule has 1 aromatic heterocycles. The van der Waals surface area contributed by atoms with Gasteiger partial charge in [-0.3, -0.25) is 4.79 Å². The smallest absolute Gasteiger partial charge is 0.270 e. The number of methoxy groups -OCH3 is 1. The van der Waals surface area contributed by atoms with Crippen LogP contribution in [-0.4, -0.2) is 17.1 Å². The molecular formula is C19H16N4O2S. The number of nitrogens with one attached hydrogen (secondary N) is 1. The SMILES string of the molecule is COc1cccc(-c2nc(SCc3cccc(N)c3)[nH]c(=O)c2C#N)c1. The highest BCUT2D eigenvalue weighted by Gasteiger charge is 2.14. The van der Waals surface area contributed by atoms with Crippen LogP contribution >= 0.6 is 11.8 Å². The molecule has 1 heterocycles.